The number of hydrogen-bond acceptors (Lipinski definition) is 4. The lowest BCUT2D eigenvalue weighted by Gasteiger charge is -2.06. The number of benzene rings is 1. The zero-order valence-corrected chi connectivity index (χ0v) is 13.6. The topological polar surface area (TPSA) is 72.2 Å². The fourth-order valence-corrected chi connectivity index (χ4v) is 2.42. The molecule has 0 bridgehead atoms. The number of amides is 1. The predicted molar refractivity (Wildman–Crippen MR) is 87.9 cm³/mol. The molecule has 0 aliphatic heterocycles. The Morgan fingerprint density at radius 3 is 2.91 bits per heavy atom. The molecule has 8 heteroatoms. The number of fused-ring (bicyclic) bond motifs is 1. The van der Waals surface area contributed by atoms with Crippen LogP contribution in [0.1, 0.15) is 22.3 Å². The van der Waals surface area contributed by atoms with Crippen molar-refractivity contribution in [3.8, 4) is 0 Å². The van der Waals surface area contributed by atoms with E-state index in [-0.39, 0.29) is 5.91 Å². The van der Waals surface area contributed by atoms with Crippen LogP contribution in [0.15, 0.2) is 36.9 Å². The second kappa shape index (κ2) is 6.93. The van der Waals surface area contributed by atoms with E-state index in [2.05, 4.69) is 20.4 Å². The fraction of sp³-hybridized carbons (Fsp3) is 0.200. The Bertz CT molecular complexity index is 849. The fourth-order valence-electron chi connectivity index (χ4n) is 2.12. The lowest BCUT2D eigenvalue weighted by molar-refractivity contribution is 0.0953. The summed E-state index contributed by atoms with van der Waals surface area (Å²) in [5, 5.41) is 7.69. The minimum atomic E-state index is -0.173. The van der Waals surface area contributed by atoms with Crippen LogP contribution in [0.4, 0.5) is 0 Å². The molecule has 1 N–H and O–H groups in total. The standard InChI is InChI=1S/C15H13Cl2N5O/c16-12-4-3-11(6-13(12)17)14(23)18-5-1-2-10-7-19-15-20-9-21-22(15)8-10/h3-4,6-9H,1-2,5H2,(H,18,23). The van der Waals surface area contributed by atoms with Gasteiger partial charge in [0.25, 0.3) is 11.7 Å². The number of halogens is 2. The summed E-state index contributed by atoms with van der Waals surface area (Å²) in [6.07, 6.45) is 6.68. The molecule has 0 aliphatic rings. The van der Waals surface area contributed by atoms with Crippen molar-refractivity contribution in [2.45, 2.75) is 12.8 Å². The highest BCUT2D eigenvalue weighted by Crippen LogP contribution is 2.22. The summed E-state index contributed by atoms with van der Waals surface area (Å²) < 4.78 is 1.63. The molecular weight excluding hydrogens is 337 g/mol. The zero-order chi connectivity index (χ0) is 16.2. The van der Waals surface area contributed by atoms with Crippen molar-refractivity contribution in [1.82, 2.24) is 24.9 Å². The molecule has 2 aromatic heterocycles. The van der Waals surface area contributed by atoms with Crippen LogP contribution < -0.4 is 5.32 Å². The van der Waals surface area contributed by atoms with Crippen LogP contribution in [0.25, 0.3) is 5.78 Å². The molecule has 2 heterocycles. The van der Waals surface area contributed by atoms with Crippen LogP contribution >= 0.6 is 23.2 Å². The van der Waals surface area contributed by atoms with Gasteiger partial charge in [0.05, 0.1) is 10.0 Å². The van der Waals surface area contributed by atoms with Gasteiger partial charge in [-0.3, -0.25) is 4.79 Å². The first-order valence-electron chi connectivity index (χ1n) is 7.01. The van der Waals surface area contributed by atoms with E-state index in [0.29, 0.717) is 27.9 Å². The summed E-state index contributed by atoms with van der Waals surface area (Å²) in [5.41, 5.74) is 1.52. The van der Waals surface area contributed by atoms with Crippen molar-refractivity contribution in [3.05, 3.63) is 58.1 Å². The van der Waals surface area contributed by atoms with Crippen LogP contribution in [0.3, 0.4) is 0 Å². The van der Waals surface area contributed by atoms with Crippen molar-refractivity contribution < 1.29 is 4.79 Å². The molecule has 3 rings (SSSR count). The van der Waals surface area contributed by atoms with Gasteiger partial charge in [-0.2, -0.15) is 10.1 Å². The van der Waals surface area contributed by atoms with Crippen molar-refractivity contribution in [3.63, 3.8) is 0 Å². The largest absolute Gasteiger partial charge is 0.352 e. The van der Waals surface area contributed by atoms with Crippen LogP contribution in [-0.2, 0) is 6.42 Å². The monoisotopic (exact) mass is 349 g/mol. The summed E-state index contributed by atoms with van der Waals surface area (Å²) in [6, 6.07) is 4.81. The van der Waals surface area contributed by atoms with E-state index in [0.717, 1.165) is 18.4 Å². The van der Waals surface area contributed by atoms with E-state index in [9.17, 15) is 4.79 Å². The van der Waals surface area contributed by atoms with E-state index in [4.69, 9.17) is 23.2 Å². The highest BCUT2D eigenvalue weighted by molar-refractivity contribution is 6.42. The first-order valence-corrected chi connectivity index (χ1v) is 7.76. The molecule has 6 nitrogen and oxygen atoms in total. The Labute approximate surface area is 142 Å². The molecule has 0 unspecified atom stereocenters. The first-order chi connectivity index (χ1) is 11.1. The van der Waals surface area contributed by atoms with Gasteiger partial charge in [0, 0.05) is 24.5 Å². The molecular formula is C15H13Cl2N5O. The average molecular weight is 350 g/mol. The van der Waals surface area contributed by atoms with Gasteiger partial charge in [-0.1, -0.05) is 23.2 Å². The van der Waals surface area contributed by atoms with Gasteiger partial charge in [0.2, 0.25) is 0 Å². The van der Waals surface area contributed by atoms with E-state index < -0.39 is 0 Å². The Morgan fingerprint density at radius 1 is 1.22 bits per heavy atom. The second-order valence-corrected chi connectivity index (χ2v) is 5.77. The molecule has 118 valence electrons. The van der Waals surface area contributed by atoms with E-state index >= 15 is 0 Å². The normalized spacial score (nSPS) is 10.9. The van der Waals surface area contributed by atoms with Crippen LogP contribution in [-0.4, -0.2) is 32.0 Å². The number of carbonyl (C=O) groups is 1. The Balaban J connectivity index is 1.50. The maximum Gasteiger partial charge on any atom is 0.252 e. The van der Waals surface area contributed by atoms with Gasteiger partial charge in [-0.25, -0.2) is 9.50 Å². The predicted octanol–water partition coefficient (Wildman–Crippen LogP) is 2.79. The number of aryl methyl sites for hydroxylation is 1. The minimum absolute atomic E-state index is 0.173. The molecule has 0 atom stereocenters. The number of hydrogen-bond donors (Lipinski definition) is 1. The SMILES string of the molecule is O=C(NCCCc1cnc2ncnn2c1)c1ccc(Cl)c(Cl)c1. The number of carbonyl (C=O) groups excluding carboxylic acids is 1. The summed E-state index contributed by atoms with van der Waals surface area (Å²) in [5.74, 6) is 0.398. The molecule has 3 aromatic rings. The molecule has 0 radical (unpaired) electrons. The number of nitrogens with one attached hydrogen (secondary N) is 1. The van der Waals surface area contributed by atoms with Gasteiger partial charge in [0.1, 0.15) is 6.33 Å². The maximum absolute atomic E-state index is 12.0. The molecule has 1 amide bonds. The van der Waals surface area contributed by atoms with Crippen molar-refractivity contribution in [2.75, 3.05) is 6.54 Å². The van der Waals surface area contributed by atoms with Crippen molar-refractivity contribution in [1.29, 1.82) is 0 Å². The average Bonchev–Trinajstić information content (AvgIpc) is 3.01. The number of rotatable bonds is 5. The lowest BCUT2D eigenvalue weighted by Crippen LogP contribution is -2.24. The summed E-state index contributed by atoms with van der Waals surface area (Å²) in [7, 11) is 0. The van der Waals surface area contributed by atoms with Crippen molar-refractivity contribution in [2.24, 2.45) is 0 Å². The first kappa shape index (κ1) is 15.7. The van der Waals surface area contributed by atoms with Gasteiger partial charge in [-0.15, -0.1) is 0 Å². The smallest absolute Gasteiger partial charge is 0.252 e. The Kier molecular flexibility index (Phi) is 4.73. The van der Waals surface area contributed by atoms with E-state index in [1.807, 2.05) is 6.20 Å². The molecule has 23 heavy (non-hydrogen) atoms. The number of aromatic nitrogens is 4. The molecule has 1 aromatic carbocycles. The van der Waals surface area contributed by atoms with Crippen LogP contribution in [0.5, 0.6) is 0 Å². The van der Waals surface area contributed by atoms with E-state index in [1.165, 1.54) is 6.33 Å². The van der Waals surface area contributed by atoms with Crippen LogP contribution in [0.2, 0.25) is 10.0 Å². The second-order valence-electron chi connectivity index (χ2n) is 4.96. The summed E-state index contributed by atoms with van der Waals surface area (Å²) in [4.78, 5) is 20.2. The van der Waals surface area contributed by atoms with Gasteiger partial charge in [0.15, 0.2) is 0 Å². The van der Waals surface area contributed by atoms with Gasteiger partial charge >= 0.3 is 0 Å². The van der Waals surface area contributed by atoms with Gasteiger partial charge in [-0.05, 0) is 36.6 Å². The van der Waals surface area contributed by atoms with E-state index in [1.54, 1.807) is 28.9 Å². The van der Waals surface area contributed by atoms with Gasteiger partial charge < -0.3 is 5.32 Å². The molecule has 0 spiro atoms. The molecule has 0 fully saturated rings. The molecule has 0 saturated carbocycles. The summed E-state index contributed by atoms with van der Waals surface area (Å²) >= 11 is 11.7. The third kappa shape index (κ3) is 3.78. The maximum atomic E-state index is 12.0. The quantitative estimate of drug-likeness (QED) is 0.719. The van der Waals surface area contributed by atoms with Crippen LogP contribution in [0, 0.1) is 0 Å². The third-order valence-electron chi connectivity index (χ3n) is 3.30. The highest BCUT2D eigenvalue weighted by atomic mass is 35.5. The minimum Gasteiger partial charge on any atom is -0.352 e. The Morgan fingerprint density at radius 2 is 2.09 bits per heavy atom. The lowest BCUT2D eigenvalue weighted by atomic mass is 10.2. The Hall–Kier alpha value is -2.18. The molecule has 0 saturated heterocycles. The highest BCUT2D eigenvalue weighted by Gasteiger charge is 2.07. The summed E-state index contributed by atoms with van der Waals surface area (Å²) in [6.45, 7) is 0.550. The van der Waals surface area contributed by atoms with Crippen molar-refractivity contribution >= 4 is 34.9 Å². The zero-order valence-electron chi connectivity index (χ0n) is 12.0. The number of nitrogens with zero attached hydrogens (tertiary/aromatic N) is 4. The third-order valence-corrected chi connectivity index (χ3v) is 4.04. The molecule has 0 aliphatic carbocycles.